The minimum absolute atomic E-state index is 0.0468. The van der Waals surface area contributed by atoms with Gasteiger partial charge in [-0.1, -0.05) is 20.8 Å². The molecule has 1 amide bonds. The van der Waals surface area contributed by atoms with Crippen molar-refractivity contribution in [1.82, 2.24) is 4.90 Å². The molecule has 0 radical (unpaired) electrons. The maximum atomic E-state index is 12.7. The van der Waals surface area contributed by atoms with Gasteiger partial charge in [0.05, 0.1) is 23.1 Å². The average molecular weight is 362 g/mol. The monoisotopic (exact) mass is 361 g/mol. The molecule has 2 N–H and O–H groups in total. The Morgan fingerprint density at radius 2 is 2.04 bits per heavy atom. The summed E-state index contributed by atoms with van der Waals surface area (Å²) in [7, 11) is -1.19. The zero-order chi connectivity index (χ0) is 17.5. The molecule has 2 rings (SSSR count). The second-order valence-corrected chi connectivity index (χ2v) is 11.4. The van der Waals surface area contributed by atoms with Crippen molar-refractivity contribution in [2.45, 2.75) is 50.5 Å². The number of hydrogen-bond donors (Lipinski definition) is 2. The van der Waals surface area contributed by atoms with E-state index in [2.05, 4.69) is 33.9 Å². The van der Waals surface area contributed by atoms with Crippen LogP contribution in [0.2, 0.25) is 13.1 Å². The summed E-state index contributed by atoms with van der Waals surface area (Å²) in [6, 6.07) is -0.917. The highest BCUT2D eigenvalue weighted by molar-refractivity contribution is 8.01. The fourth-order valence-electron chi connectivity index (χ4n) is 3.37. The molecule has 0 aliphatic carbocycles. The summed E-state index contributed by atoms with van der Waals surface area (Å²) in [6.45, 7) is 10.8. The van der Waals surface area contributed by atoms with E-state index in [1.807, 2.05) is 0 Å². The van der Waals surface area contributed by atoms with E-state index in [-0.39, 0.29) is 35.1 Å². The first kappa shape index (κ1) is 18.8. The molecule has 0 bridgehead atoms. The lowest BCUT2D eigenvalue weighted by Gasteiger charge is -2.50. The highest BCUT2D eigenvalue weighted by atomic mass is 32.2. The van der Waals surface area contributed by atoms with Gasteiger partial charge in [0, 0.05) is 12.5 Å². The van der Waals surface area contributed by atoms with Crippen molar-refractivity contribution < 1.29 is 24.2 Å². The van der Waals surface area contributed by atoms with E-state index in [1.165, 1.54) is 16.7 Å². The Kier molecular flexibility index (Phi) is 5.50. The Balaban J connectivity index is 2.20. The number of thioether (sulfide) groups is 1. The Morgan fingerprint density at radius 1 is 1.43 bits per heavy atom. The van der Waals surface area contributed by atoms with Crippen LogP contribution in [0.4, 0.5) is 0 Å². The molecule has 0 aromatic carbocycles. The van der Waals surface area contributed by atoms with Gasteiger partial charge in [-0.25, -0.2) is 4.79 Å². The van der Waals surface area contributed by atoms with Gasteiger partial charge in [0.25, 0.3) is 0 Å². The minimum atomic E-state index is -1.19. The van der Waals surface area contributed by atoms with Crippen LogP contribution in [-0.2, 0) is 14.0 Å². The molecule has 8 heteroatoms. The van der Waals surface area contributed by atoms with Crippen LogP contribution in [0.1, 0.15) is 20.8 Å². The van der Waals surface area contributed by atoms with E-state index >= 15 is 0 Å². The Labute approximate surface area is 143 Å². The highest BCUT2D eigenvalue weighted by Crippen LogP contribution is 2.53. The second kappa shape index (κ2) is 6.74. The van der Waals surface area contributed by atoms with Crippen LogP contribution in [-0.4, -0.2) is 65.9 Å². The van der Waals surface area contributed by atoms with Crippen molar-refractivity contribution >= 4 is 32.7 Å². The smallest absolute Gasteiger partial charge is 0.327 e. The number of carboxylic acids is 1. The normalized spacial score (nSPS) is 32.0. The molecule has 2 aliphatic rings. The lowest BCUT2D eigenvalue weighted by molar-refractivity contribution is -0.168. The number of aliphatic hydroxyl groups is 1. The molecule has 2 fully saturated rings. The molecule has 2 heterocycles. The van der Waals surface area contributed by atoms with Crippen LogP contribution in [0.25, 0.3) is 0 Å². The summed E-state index contributed by atoms with van der Waals surface area (Å²) in [6.07, 6.45) is 0. The summed E-state index contributed by atoms with van der Waals surface area (Å²) in [5.74, 6) is -1.33. The van der Waals surface area contributed by atoms with Gasteiger partial charge in [0.1, 0.15) is 6.04 Å². The van der Waals surface area contributed by atoms with E-state index in [1.54, 1.807) is 0 Å². The molecule has 2 aliphatic heterocycles. The first-order valence-electron chi connectivity index (χ1n) is 8.02. The number of carbonyl (C=O) groups excluding carboxylic acids is 1. The number of β-lactam (4-membered cyclic amide) rings is 1. The van der Waals surface area contributed by atoms with Gasteiger partial charge in [-0.15, -0.1) is 11.8 Å². The zero-order valence-corrected chi connectivity index (χ0v) is 16.3. The van der Waals surface area contributed by atoms with Gasteiger partial charge in [-0.05, 0) is 18.5 Å². The lowest BCUT2D eigenvalue weighted by atomic mass is 9.69. The van der Waals surface area contributed by atoms with Crippen molar-refractivity contribution in [3.05, 3.63) is 0 Å². The zero-order valence-electron chi connectivity index (χ0n) is 14.4. The maximum absolute atomic E-state index is 12.7. The number of fused-ring (bicyclic) bond motifs is 1. The van der Waals surface area contributed by atoms with E-state index in [0.29, 0.717) is 6.61 Å². The molecule has 2 saturated heterocycles. The summed E-state index contributed by atoms with van der Waals surface area (Å²) in [4.78, 5) is 25.6. The van der Waals surface area contributed by atoms with Crippen LogP contribution >= 0.6 is 11.8 Å². The number of hydrogen-bond acceptors (Lipinski definition) is 5. The number of aliphatic carboxylic acids is 1. The van der Waals surface area contributed by atoms with E-state index < -0.39 is 26.3 Å². The topological polar surface area (TPSA) is 87.1 Å². The number of amides is 1. The van der Waals surface area contributed by atoms with Gasteiger partial charge in [0.15, 0.2) is 9.04 Å². The minimum Gasteiger partial charge on any atom is -0.480 e. The molecule has 6 nitrogen and oxygen atoms in total. The highest BCUT2D eigenvalue weighted by Gasteiger charge is 2.63. The third-order valence-corrected chi connectivity index (χ3v) is 7.09. The third-order valence-electron chi connectivity index (χ3n) is 4.68. The Hall–Kier alpha value is -0.573. The molecule has 0 aromatic heterocycles. The molecule has 132 valence electrons. The quantitative estimate of drug-likeness (QED) is 0.542. The first-order valence-corrected chi connectivity index (χ1v) is 11.7. The summed E-state index contributed by atoms with van der Waals surface area (Å²) < 4.78 is 5.90. The summed E-state index contributed by atoms with van der Waals surface area (Å²) >= 11 is 1.42. The van der Waals surface area contributed by atoms with Gasteiger partial charge in [-0.2, -0.15) is 0 Å². The predicted octanol–water partition coefficient (Wildman–Crippen LogP) is 0.994. The van der Waals surface area contributed by atoms with Gasteiger partial charge in [0.2, 0.25) is 5.91 Å². The number of carboxylic acid groups (broad SMARTS) is 1. The van der Waals surface area contributed by atoms with Crippen LogP contribution in [0, 0.1) is 17.3 Å². The Morgan fingerprint density at radius 3 is 2.48 bits per heavy atom. The standard InChI is InChI=1S/C15H27NO5SSi/c1-15(2,3)8(7-21-23(4)5)10-12(18)16-11(14(19)20)9(6-17)22-13(10)16/h8-11,13,17,23H,6-7H2,1-5H3,(H,19,20)/t8-,9?,10+,11?,13-/m1/s1. The number of aliphatic hydroxyl groups excluding tert-OH is 1. The van der Waals surface area contributed by atoms with Crippen LogP contribution in [0.3, 0.4) is 0 Å². The largest absolute Gasteiger partial charge is 0.480 e. The van der Waals surface area contributed by atoms with Crippen molar-refractivity contribution in [1.29, 1.82) is 0 Å². The third kappa shape index (κ3) is 3.45. The van der Waals surface area contributed by atoms with Crippen LogP contribution < -0.4 is 0 Å². The summed E-state index contributed by atoms with van der Waals surface area (Å²) in [5, 5.41) is 18.2. The van der Waals surface area contributed by atoms with Crippen molar-refractivity contribution in [2.75, 3.05) is 13.2 Å². The maximum Gasteiger partial charge on any atom is 0.327 e. The van der Waals surface area contributed by atoms with Crippen LogP contribution in [0.5, 0.6) is 0 Å². The fraction of sp³-hybridized carbons (Fsp3) is 0.867. The van der Waals surface area contributed by atoms with E-state index in [9.17, 15) is 19.8 Å². The number of carbonyl (C=O) groups is 2. The molecule has 5 atom stereocenters. The molecule has 0 saturated carbocycles. The first-order chi connectivity index (χ1) is 10.6. The molecule has 0 spiro atoms. The average Bonchev–Trinajstić information content (AvgIpc) is 2.76. The summed E-state index contributed by atoms with van der Waals surface area (Å²) in [5.41, 5.74) is -0.105. The van der Waals surface area contributed by atoms with E-state index in [0.717, 1.165) is 0 Å². The SMILES string of the molecule is C[SiH](C)OC[C@H]([C@H]1C(=O)N2C(C(=O)O)C(CO)S[C@H]12)C(C)(C)C. The number of rotatable bonds is 6. The van der Waals surface area contributed by atoms with Crippen molar-refractivity contribution in [3.8, 4) is 0 Å². The van der Waals surface area contributed by atoms with E-state index in [4.69, 9.17) is 4.43 Å². The number of nitrogens with zero attached hydrogens (tertiary/aromatic N) is 1. The molecule has 0 aromatic rings. The molecular weight excluding hydrogens is 334 g/mol. The lowest BCUT2D eigenvalue weighted by Crippen LogP contribution is -2.65. The fourth-order valence-corrected chi connectivity index (χ4v) is 5.64. The molecule has 23 heavy (non-hydrogen) atoms. The van der Waals surface area contributed by atoms with Crippen LogP contribution in [0.15, 0.2) is 0 Å². The molecule has 2 unspecified atom stereocenters. The van der Waals surface area contributed by atoms with Gasteiger partial charge in [-0.3, -0.25) is 4.79 Å². The van der Waals surface area contributed by atoms with Crippen molar-refractivity contribution in [3.63, 3.8) is 0 Å². The van der Waals surface area contributed by atoms with Gasteiger partial charge >= 0.3 is 5.97 Å². The van der Waals surface area contributed by atoms with Gasteiger partial charge < -0.3 is 19.5 Å². The predicted molar refractivity (Wildman–Crippen MR) is 91.8 cm³/mol. The Bertz CT molecular complexity index is 481. The van der Waals surface area contributed by atoms with Crippen molar-refractivity contribution in [2.24, 2.45) is 17.3 Å². The second-order valence-electron chi connectivity index (χ2n) is 7.66. The molecular formula is C15H27NO5SSi.